The van der Waals surface area contributed by atoms with Gasteiger partial charge in [-0.25, -0.2) is 0 Å². The average molecular weight is 386 g/mol. The number of halogens is 4. The summed E-state index contributed by atoms with van der Waals surface area (Å²) in [5.41, 5.74) is 1.84. The number of nitrogens with one attached hydrogen (secondary N) is 1. The van der Waals surface area contributed by atoms with Crippen molar-refractivity contribution in [2.45, 2.75) is 13.0 Å². The van der Waals surface area contributed by atoms with Crippen LogP contribution in [0.1, 0.15) is 18.5 Å². The SMILES string of the molecule is CC(Nc1ccc(Br)cc1Cl)c1cc(Cl)sc1Cl. The number of anilines is 1. The Hall–Kier alpha value is 0.0700. The van der Waals surface area contributed by atoms with Crippen molar-refractivity contribution < 1.29 is 0 Å². The molecule has 0 bridgehead atoms. The highest BCUT2D eigenvalue weighted by molar-refractivity contribution is 9.10. The van der Waals surface area contributed by atoms with Gasteiger partial charge < -0.3 is 5.32 Å². The summed E-state index contributed by atoms with van der Waals surface area (Å²) in [6.45, 7) is 2.02. The predicted molar refractivity (Wildman–Crippen MR) is 85.5 cm³/mol. The molecule has 1 N–H and O–H groups in total. The van der Waals surface area contributed by atoms with Gasteiger partial charge in [-0.15, -0.1) is 11.3 Å². The molecule has 0 saturated carbocycles. The number of hydrogen-bond acceptors (Lipinski definition) is 2. The van der Waals surface area contributed by atoms with Gasteiger partial charge in [-0.05, 0) is 31.2 Å². The summed E-state index contributed by atoms with van der Waals surface area (Å²) in [4.78, 5) is 0. The van der Waals surface area contributed by atoms with Crippen LogP contribution in [0, 0.1) is 0 Å². The number of hydrogen-bond donors (Lipinski definition) is 1. The normalized spacial score (nSPS) is 12.5. The van der Waals surface area contributed by atoms with Crippen molar-refractivity contribution in [2.75, 3.05) is 5.32 Å². The van der Waals surface area contributed by atoms with E-state index in [1.54, 1.807) is 0 Å². The van der Waals surface area contributed by atoms with E-state index in [9.17, 15) is 0 Å². The summed E-state index contributed by atoms with van der Waals surface area (Å²) < 4.78 is 2.33. The van der Waals surface area contributed by atoms with Crippen molar-refractivity contribution >= 4 is 67.8 Å². The van der Waals surface area contributed by atoms with Crippen molar-refractivity contribution in [1.29, 1.82) is 0 Å². The van der Waals surface area contributed by atoms with E-state index < -0.39 is 0 Å². The zero-order valence-electron chi connectivity index (χ0n) is 9.31. The van der Waals surface area contributed by atoms with Crippen LogP contribution in [0.15, 0.2) is 28.7 Å². The molecular formula is C12H9BrCl3NS. The molecule has 96 valence electrons. The second-order valence-corrected chi connectivity index (χ2v) is 7.38. The minimum atomic E-state index is 0.0416. The molecule has 18 heavy (non-hydrogen) atoms. The van der Waals surface area contributed by atoms with Crippen LogP contribution in [-0.4, -0.2) is 0 Å². The van der Waals surface area contributed by atoms with Crippen LogP contribution < -0.4 is 5.32 Å². The van der Waals surface area contributed by atoms with Crippen molar-refractivity contribution in [3.63, 3.8) is 0 Å². The lowest BCUT2D eigenvalue weighted by Gasteiger charge is -2.16. The Kier molecular flexibility index (Phi) is 4.84. The van der Waals surface area contributed by atoms with Gasteiger partial charge in [0, 0.05) is 10.0 Å². The molecule has 2 aromatic rings. The molecule has 0 aliphatic heterocycles. The third kappa shape index (κ3) is 3.34. The van der Waals surface area contributed by atoms with Crippen molar-refractivity contribution in [3.05, 3.63) is 48.0 Å². The highest BCUT2D eigenvalue weighted by Crippen LogP contribution is 2.37. The fraction of sp³-hybridized carbons (Fsp3) is 0.167. The van der Waals surface area contributed by atoms with E-state index >= 15 is 0 Å². The molecule has 0 fully saturated rings. The van der Waals surface area contributed by atoms with E-state index in [-0.39, 0.29) is 6.04 Å². The third-order valence-corrected chi connectivity index (χ3v) is 4.78. The lowest BCUT2D eigenvalue weighted by molar-refractivity contribution is 0.891. The second-order valence-electron chi connectivity index (χ2n) is 3.77. The minimum Gasteiger partial charge on any atom is -0.377 e. The Bertz CT molecular complexity index is 570. The van der Waals surface area contributed by atoms with Crippen LogP contribution in [0.25, 0.3) is 0 Å². The first-order valence-corrected chi connectivity index (χ1v) is 7.88. The fourth-order valence-electron chi connectivity index (χ4n) is 1.57. The van der Waals surface area contributed by atoms with Crippen molar-refractivity contribution in [3.8, 4) is 0 Å². The number of rotatable bonds is 3. The van der Waals surface area contributed by atoms with Gasteiger partial charge in [0.15, 0.2) is 0 Å². The Morgan fingerprint density at radius 2 is 1.94 bits per heavy atom. The van der Waals surface area contributed by atoms with E-state index in [1.165, 1.54) is 11.3 Å². The lowest BCUT2D eigenvalue weighted by Crippen LogP contribution is -2.06. The largest absolute Gasteiger partial charge is 0.377 e. The van der Waals surface area contributed by atoms with Crippen LogP contribution in [-0.2, 0) is 0 Å². The van der Waals surface area contributed by atoms with Gasteiger partial charge >= 0.3 is 0 Å². The fourth-order valence-corrected chi connectivity index (χ4v) is 3.94. The Balaban J connectivity index is 2.21. The van der Waals surface area contributed by atoms with E-state index in [1.807, 2.05) is 31.2 Å². The molecule has 1 aromatic carbocycles. The molecule has 1 aromatic heterocycles. The summed E-state index contributed by atoms with van der Waals surface area (Å²) in [5, 5.41) is 3.98. The topological polar surface area (TPSA) is 12.0 Å². The number of thiophene rings is 1. The summed E-state index contributed by atoms with van der Waals surface area (Å²) >= 11 is 23.0. The average Bonchev–Trinajstić information content (AvgIpc) is 2.62. The maximum Gasteiger partial charge on any atom is 0.0996 e. The minimum absolute atomic E-state index is 0.0416. The first kappa shape index (κ1) is 14.5. The molecule has 0 aliphatic carbocycles. The summed E-state index contributed by atoms with van der Waals surface area (Å²) in [6.07, 6.45) is 0. The van der Waals surface area contributed by atoms with Crippen molar-refractivity contribution in [1.82, 2.24) is 0 Å². The lowest BCUT2D eigenvalue weighted by atomic mass is 10.1. The van der Waals surface area contributed by atoms with Crippen molar-refractivity contribution in [2.24, 2.45) is 0 Å². The molecule has 0 radical (unpaired) electrons. The predicted octanol–water partition coefficient (Wildman–Crippen LogP) is 6.64. The standard InChI is InChI=1S/C12H9BrCl3NS/c1-6(8-5-11(15)18-12(8)16)17-10-3-2-7(13)4-9(10)14/h2-6,17H,1H3. The van der Waals surface area contributed by atoms with Gasteiger partial charge in [-0.1, -0.05) is 50.7 Å². The summed E-state index contributed by atoms with van der Waals surface area (Å²) in [5.74, 6) is 0. The Labute approximate surface area is 133 Å². The van der Waals surface area contributed by atoms with Crippen LogP contribution in [0.5, 0.6) is 0 Å². The molecule has 0 aliphatic rings. The summed E-state index contributed by atoms with van der Waals surface area (Å²) in [7, 11) is 0. The molecule has 0 amide bonds. The van der Waals surface area contributed by atoms with Gasteiger partial charge in [0.1, 0.15) is 0 Å². The molecule has 1 unspecified atom stereocenters. The highest BCUT2D eigenvalue weighted by atomic mass is 79.9. The van der Waals surface area contributed by atoms with E-state index in [0.29, 0.717) is 13.7 Å². The molecule has 6 heteroatoms. The highest BCUT2D eigenvalue weighted by Gasteiger charge is 2.14. The van der Waals surface area contributed by atoms with Crippen LogP contribution >= 0.6 is 62.1 Å². The van der Waals surface area contributed by atoms with Gasteiger partial charge in [0.05, 0.1) is 25.4 Å². The zero-order valence-corrected chi connectivity index (χ0v) is 14.0. The Morgan fingerprint density at radius 3 is 2.50 bits per heavy atom. The second kappa shape index (κ2) is 6.02. The van der Waals surface area contributed by atoms with Gasteiger partial charge in [0.25, 0.3) is 0 Å². The quantitative estimate of drug-likeness (QED) is 0.624. The first-order chi connectivity index (χ1) is 8.47. The molecule has 0 spiro atoms. The maximum absolute atomic E-state index is 6.16. The maximum atomic E-state index is 6.16. The molecule has 1 heterocycles. The molecule has 0 saturated heterocycles. The molecule has 1 atom stereocenters. The van der Waals surface area contributed by atoms with E-state index in [2.05, 4.69) is 21.2 Å². The molecule has 2 rings (SSSR count). The molecular weight excluding hydrogens is 376 g/mol. The van der Waals surface area contributed by atoms with Gasteiger partial charge in [0.2, 0.25) is 0 Å². The molecule has 1 nitrogen and oxygen atoms in total. The van der Waals surface area contributed by atoms with Gasteiger partial charge in [-0.2, -0.15) is 0 Å². The van der Waals surface area contributed by atoms with Crippen LogP contribution in [0.2, 0.25) is 13.7 Å². The van der Waals surface area contributed by atoms with E-state index in [0.717, 1.165) is 15.7 Å². The van der Waals surface area contributed by atoms with Crippen LogP contribution in [0.4, 0.5) is 5.69 Å². The summed E-state index contributed by atoms with van der Waals surface area (Å²) in [6, 6.07) is 7.62. The monoisotopic (exact) mass is 383 g/mol. The van der Waals surface area contributed by atoms with Gasteiger partial charge in [-0.3, -0.25) is 0 Å². The smallest absolute Gasteiger partial charge is 0.0996 e. The van der Waals surface area contributed by atoms with Crippen LogP contribution in [0.3, 0.4) is 0 Å². The first-order valence-electron chi connectivity index (χ1n) is 5.13. The number of benzene rings is 1. The Morgan fingerprint density at radius 1 is 1.22 bits per heavy atom. The van der Waals surface area contributed by atoms with E-state index in [4.69, 9.17) is 34.8 Å². The third-order valence-electron chi connectivity index (χ3n) is 2.45. The zero-order chi connectivity index (χ0) is 13.3.